The SMILES string of the molecule is CCCCCCc1ccc(CCCCCC)c2c(S(=O)(=O)[O-])cccc12.CCCCCCc1ccc(CCCCCC)c2c(S(=O)(=O)[O-])cccc12.[Ba+2]. The van der Waals surface area contributed by atoms with Gasteiger partial charge in [0.2, 0.25) is 0 Å². The molecule has 0 aliphatic heterocycles. The van der Waals surface area contributed by atoms with Gasteiger partial charge in [-0.05, 0) is 96.5 Å². The molecule has 9 heteroatoms. The minimum Gasteiger partial charge on any atom is -0.744 e. The molecule has 0 aromatic heterocycles. The van der Waals surface area contributed by atoms with E-state index >= 15 is 0 Å². The molecule has 4 aromatic rings. The Morgan fingerprint density at radius 2 is 0.679 bits per heavy atom. The van der Waals surface area contributed by atoms with Crippen LogP contribution in [0.2, 0.25) is 0 Å². The summed E-state index contributed by atoms with van der Waals surface area (Å²) < 4.78 is 71.0. The normalized spacial score (nSPS) is 11.7. The van der Waals surface area contributed by atoms with Crippen LogP contribution in [0.3, 0.4) is 0 Å². The van der Waals surface area contributed by atoms with Crippen molar-refractivity contribution in [3.05, 3.63) is 82.9 Å². The molecule has 288 valence electrons. The minimum atomic E-state index is -4.48. The van der Waals surface area contributed by atoms with Gasteiger partial charge in [-0.1, -0.05) is 153 Å². The summed E-state index contributed by atoms with van der Waals surface area (Å²) in [5, 5.41) is 3.19. The first kappa shape index (κ1) is 47.9. The molecule has 6 nitrogen and oxygen atoms in total. The fraction of sp³-hybridized carbons (Fsp3) is 0.545. The van der Waals surface area contributed by atoms with Crippen molar-refractivity contribution in [2.45, 2.75) is 166 Å². The largest absolute Gasteiger partial charge is 2.00 e. The van der Waals surface area contributed by atoms with Gasteiger partial charge in [-0.25, -0.2) is 16.8 Å². The summed E-state index contributed by atoms with van der Waals surface area (Å²) in [5.74, 6) is 0. The van der Waals surface area contributed by atoms with Crippen LogP contribution in [0.5, 0.6) is 0 Å². The molecule has 53 heavy (non-hydrogen) atoms. The Morgan fingerprint density at radius 3 is 0.962 bits per heavy atom. The molecule has 0 spiro atoms. The second kappa shape index (κ2) is 25.1. The molecular weight excluding hydrogens is 826 g/mol. The molecule has 0 aliphatic rings. The van der Waals surface area contributed by atoms with Gasteiger partial charge in [0, 0.05) is 10.8 Å². The number of fused-ring (bicyclic) bond motifs is 2. The molecule has 0 saturated carbocycles. The van der Waals surface area contributed by atoms with E-state index in [1.165, 1.54) is 63.5 Å². The zero-order valence-electron chi connectivity index (χ0n) is 32.9. The van der Waals surface area contributed by atoms with E-state index in [2.05, 4.69) is 39.8 Å². The van der Waals surface area contributed by atoms with Gasteiger partial charge in [-0.2, -0.15) is 0 Å². The number of benzene rings is 4. The van der Waals surface area contributed by atoms with E-state index in [-0.39, 0.29) is 58.7 Å². The molecule has 4 rings (SSSR count). The van der Waals surface area contributed by atoms with Crippen molar-refractivity contribution in [2.75, 3.05) is 0 Å². The second-order valence-corrected chi connectivity index (χ2v) is 17.0. The number of hydrogen-bond donors (Lipinski definition) is 0. The van der Waals surface area contributed by atoms with Crippen LogP contribution in [0.4, 0.5) is 0 Å². The summed E-state index contributed by atoms with van der Waals surface area (Å²) in [5.41, 5.74) is 4.28. The smallest absolute Gasteiger partial charge is 0.744 e. The van der Waals surface area contributed by atoms with Crippen molar-refractivity contribution in [3.63, 3.8) is 0 Å². The molecule has 0 heterocycles. The first-order chi connectivity index (χ1) is 25.0. The maximum absolute atomic E-state index is 11.8. The third-order valence-corrected chi connectivity index (χ3v) is 11.9. The van der Waals surface area contributed by atoms with Crippen molar-refractivity contribution in [2.24, 2.45) is 0 Å². The van der Waals surface area contributed by atoms with Gasteiger partial charge in [0.25, 0.3) is 0 Å². The molecular formula is C44H62BaO6S2. The summed E-state index contributed by atoms with van der Waals surface area (Å²) in [6, 6.07) is 18.6. The number of rotatable bonds is 22. The molecule has 0 aliphatic carbocycles. The molecule has 0 N–H and O–H groups in total. The molecule has 0 fully saturated rings. The van der Waals surface area contributed by atoms with Gasteiger partial charge in [-0.3, -0.25) is 0 Å². The van der Waals surface area contributed by atoms with Gasteiger partial charge >= 0.3 is 48.9 Å². The second-order valence-electron chi connectivity index (χ2n) is 14.3. The van der Waals surface area contributed by atoms with Crippen LogP contribution in [0.1, 0.15) is 153 Å². The standard InChI is InChI=1S/2C22H32O3S.Ba/c2*1-3-5-7-9-12-18-16-17-19(13-10-8-6-4-2)22-20(18)14-11-15-21(22)26(23,24)25;/h2*11,14-17H,3-10,12-13H2,1-2H3,(H,23,24,25);/q;;+2/p-2. The first-order valence-corrected chi connectivity index (χ1v) is 22.8. The zero-order chi connectivity index (χ0) is 38.0. The van der Waals surface area contributed by atoms with Crippen LogP contribution in [-0.4, -0.2) is 74.8 Å². The predicted octanol–water partition coefficient (Wildman–Crippen LogP) is 11.6. The maximum Gasteiger partial charge on any atom is 2.00 e. The van der Waals surface area contributed by atoms with E-state index in [1.54, 1.807) is 12.1 Å². The van der Waals surface area contributed by atoms with Crippen molar-refractivity contribution >= 4 is 90.7 Å². The molecule has 4 aromatic carbocycles. The maximum atomic E-state index is 11.8. The molecule has 0 unspecified atom stereocenters. The molecule has 0 saturated heterocycles. The average molecular weight is 888 g/mol. The van der Waals surface area contributed by atoms with Gasteiger partial charge in [0.1, 0.15) is 20.2 Å². The van der Waals surface area contributed by atoms with Crippen LogP contribution in [0, 0.1) is 0 Å². The topological polar surface area (TPSA) is 114 Å². The van der Waals surface area contributed by atoms with Gasteiger partial charge in [0.15, 0.2) is 0 Å². The Labute approximate surface area is 361 Å². The fourth-order valence-corrected chi connectivity index (χ4v) is 8.72. The van der Waals surface area contributed by atoms with Crippen LogP contribution >= 0.6 is 0 Å². The molecule has 0 amide bonds. The Hall–Kier alpha value is -1.21. The number of aryl methyl sites for hydroxylation is 4. The Balaban J connectivity index is 0.000000360. The van der Waals surface area contributed by atoms with Crippen molar-refractivity contribution in [1.82, 2.24) is 0 Å². The van der Waals surface area contributed by atoms with E-state index < -0.39 is 20.2 Å². The number of unbranched alkanes of at least 4 members (excludes halogenated alkanes) is 12. The van der Waals surface area contributed by atoms with Crippen LogP contribution < -0.4 is 0 Å². The van der Waals surface area contributed by atoms with E-state index in [0.717, 1.165) is 110 Å². The Morgan fingerprint density at radius 1 is 0.396 bits per heavy atom. The summed E-state index contributed by atoms with van der Waals surface area (Å²) in [4.78, 5) is -0.119. The Bertz CT molecular complexity index is 1770. The van der Waals surface area contributed by atoms with Crippen molar-refractivity contribution < 1.29 is 25.9 Å². The van der Waals surface area contributed by atoms with Crippen molar-refractivity contribution in [3.8, 4) is 0 Å². The summed E-state index contributed by atoms with van der Waals surface area (Å²) >= 11 is 0. The zero-order valence-corrected chi connectivity index (χ0v) is 39.0. The van der Waals surface area contributed by atoms with E-state index in [1.807, 2.05) is 24.3 Å². The Kier molecular flexibility index (Phi) is 22.7. The van der Waals surface area contributed by atoms with Crippen molar-refractivity contribution in [1.29, 1.82) is 0 Å². The number of hydrogen-bond acceptors (Lipinski definition) is 6. The van der Waals surface area contributed by atoms with Gasteiger partial charge in [-0.15, -0.1) is 0 Å². The van der Waals surface area contributed by atoms with Crippen LogP contribution in [0.15, 0.2) is 70.5 Å². The van der Waals surface area contributed by atoms with E-state index in [0.29, 0.717) is 10.8 Å². The predicted molar refractivity (Wildman–Crippen MR) is 221 cm³/mol. The summed E-state index contributed by atoms with van der Waals surface area (Å²) in [7, 11) is -8.97. The fourth-order valence-electron chi connectivity index (χ4n) is 7.25. The van der Waals surface area contributed by atoms with Crippen LogP contribution in [-0.2, 0) is 45.9 Å². The van der Waals surface area contributed by atoms with Crippen LogP contribution in [0.25, 0.3) is 21.5 Å². The third-order valence-electron chi connectivity index (χ3n) is 10.1. The molecule has 0 bridgehead atoms. The van der Waals surface area contributed by atoms with E-state index in [9.17, 15) is 25.9 Å². The average Bonchev–Trinajstić information content (AvgIpc) is 3.12. The molecule has 0 radical (unpaired) electrons. The monoisotopic (exact) mass is 888 g/mol. The third kappa shape index (κ3) is 15.3. The quantitative estimate of drug-likeness (QED) is 0.0441. The van der Waals surface area contributed by atoms with E-state index in [4.69, 9.17) is 0 Å². The minimum absolute atomic E-state index is 0. The van der Waals surface area contributed by atoms with Gasteiger partial charge in [0.05, 0.1) is 9.79 Å². The summed E-state index contributed by atoms with van der Waals surface area (Å²) in [6.45, 7) is 8.72. The molecule has 0 atom stereocenters. The van der Waals surface area contributed by atoms with Gasteiger partial charge < -0.3 is 9.11 Å². The summed E-state index contributed by atoms with van der Waals surface area (Å²) in [6.07, 6.45) is 21.8. The first-order valence-electron chi connectivity index (χ1n) is 20.0.